The fourth-order valence-corrected chi connectivity index (χ4v) is 2.90. The van der Waals surface area contributed by atoms with E-state index in [2.05, 4.69) is 4.98 Å². The van der Waals surface area contributed by atoms with Gasteiger partial charge in [-0.1, -0.05) is 12.1 Å². The molecule has 1 aromatic heterocycles. The van der Waals surface area contributed by atoms with Gasteiger partial charge in [-0.15, -0.1) is 0 Å². The minimum Gasteiger partial charge on any atom is -0.366 e. The van der Waals surface area contributed by atoms with Gasteiger partial charge in [0.1, 0.15) is 11.9 Å². The summed E-state index contributed by atoms with van der Waals surface area (Å²) < 4.78 is 13.1. The molecule has 0 saturated carbocycles. The number of halogens is 1. The van der Waals surface area contributed by atoms with E-state index < -0.39 is 6.04 Å². The molecule has 1 atom stereocenters. The number of aromatic amines is 1. The van der Waals surface area contributed by atoms with E-state index in [1.54, 1.807) is 43.5 Å². The van der Waals surface area contributed by atoms with E-state index in [1.165, 1.54) is 17.0 Å². The summed E-state index contributed by atoms with van der Waals surface area (Å²) in [7, 11) is 3.38. The van der Waals surface area contributed by atoms with E-state index >= 15 is 0 Å². The van der Waals surface area contributed by atoms with Gasteiger partial charge in [-0.05, 0) is 24.1 Å². The molecule has 0 spiro atoms. The second kappa shape index (κ2) is 5.87. The minimum absolute atomic E-state index is 0.0419. The van der Waals surface area contributed by atoms with E-state index in [9.17, 15) is 14.0 Å². The van der Waals surface area contributed by atoms with Gasteiger partial charge < -0.3 is 14.8 Å². The van der Waals surface area contributed by atoms with Gasteiger partial charge in [0.15, 0.2) is 0 Å². The van der Waals surface area contributed by atoms with Crippen LogP contribution in [0.1, 0.15) is 16.8 Å². The molecule has 0 aliphatic carbocycles. The van der Waals surface area contributed by atoms with Gasteiger partial charge in [-0.3, -0.25) is 9.59 Å². The Balaban J connectivity index is 1.88. The number of amides is 2. The third-order valence-electron chi connectivity index (χ3n) is 4.32. The Morgan fingerprint density at radius 3 is 2.61 bits per heavy atom. The molecule has 1 aromatic carbocycles. The maximum Gasteiger partial charge on any atom is 0.256 e. The highest BCUT2D eigenvalue weighted by Gasteiger charge is 2.35. The van der Waals surface area contributed by atoms with Crippen LogP contribution in [0.2, 0.25) is 0 Å². The standard InChI is InChI=1S/C17H18FN3O2/c1-20-8-7-15(17(20)23)21(2)16(22)14-10-19-9-13(14)11-3-5-12(18)6-4-11/h3-6,9-10,15,19H,7-8H2,1-2H3. The van der Waals surface area contributed by atoms with Crippen molar-refractivity contribution in [3.8, 4) is 11.1 Å². The van der Waals surface area contributed by atoms with Crippen LogP contribution in [0.25, 0.3) is 11.1 Å². The smallest absolute Gasteiger partial charge is 0.256 e. The lowest BCUT2D eigenvalue weighted by atomic mass is 10.0. The summed E-state index contributed by atoms with van der Waals surface area (Å²) in [6.45, 7) is 0.652. The number of hydrogen-bond donors (Lipinski definition) is 1. The van der Waals surface area contributed by atoms with Gasteiger partial charge in [-0.25, -0.2) is 4.39 Å². The van der Waals surface area contributed by atoms with Gasteiger partial charge in [0.2, 0.25) is 5.91 Å². The third-order valence-corrected chi connectivity index (χ3v) is 4.32. The number of benzene rings is 1. The molecule has 0 bridgehead atoms. The molecule has 1 N–H and O–H groups in total. The molecule has 1 fully saturated rings. The largest absolute Gasteiger partial charge is 0.366 e. The molecule has 2 amide bonds. The van der Waals surface area contributed by atoms with Crippen molar-refractivity contribution < 1.29 is 14.0 Å². The Morgan fingerprint density at radius 2 is 2.00 bits per heavy atom. The maximum absolute atomic E-state index is 13.1. The first-order chi connectivity index (χ1) is 11.0. The second-order valence-electron chi connectivity index (χ2n) is 5.77. The summed E-state index contributed by atoms with van der Waals surface area (Å²) in [6.07, 6.45) is 3.95. The summed E-state index contributed by atoms with van der Waals surface area (Å²) >= 11 is 0. The SMILES string of the molecule is CN1CCC(N(C)C(=O)c2c[nH]cc2-c2ccc(F)cc2)C1=O. The number of nitrogens with one attached hydrogen (secondary N) is 1. The number of carbonyl (C=O) groups excluding carboxylic acids is 2. The lowest BCUT2D eigenvalue weighted by molar-refractivity contribution is -0.130. The van der Waals surface area contributed by atoms with Crippen LogP contribution < -0.4 is 0 Å². The second-order valence-corrected chi connectivity index (χ2v) is 5.77. The first-order valence-corrected chi connectivity index (χ1v) is 7.44. The summed E-state index contributed by atoms with van der Waals surface area (Å²) in [5.74, 6) is -0.590. The van der Waals surface area contributed by atoms with Crippen LogP contribution in [-0.4, -0.2) is 53.3 Å². The molecule has 3 rings (SSSR count). The fourth-order valence-electron chi connectivity index (χ4n) is 2.90. The van der Waals surface area contributed by atoms with E-state index in [0.29, 0.717) is 24.1 Å². The number of likely N-dealkylation sites (N-methyl/N-ethyl adjacent to an activating group) is 2. The van der Waals surface area contributed by atoms with E-state index in [4.69, 9.17) is 0 Å². The monoisotopic (exact) mass is 315 g/mol. The average molecular weight is 315 g/mol. The topological polar surface area (TPSA) is 56.4 Å². The zero-order valence-corrected chi connectivity index (χ0v) is 13.0. The highest BCUT2D eigenvalue weighted by molar-refractivity contribution is 6.02. The average Bonchev–Trinajstić information content (AvgIpc) is 3.15. The highest BCUT2D eigenvalue weighted by atomic mass is 19.1. The van der Waals surface area contributed by atoms with Crippen LogP contribution in [0.3, 0.4) is 0 Å². The first-order valence-electron chi connectivity index (χ1n) is 7.44. The van der Waals surface area contributed by atoms with Crippen LogP contribution in [-0.2, 0) is 4.79 Å². The van der Waals surface area contributed by atoms with Crippen molar-refractivity contribution in [2.24, 2.45) is 0 Å². The molecule has 1 aliphatic heterocycles. The lowest BCUT2D eigenvalue weighted by Gasteiger charge is -2.23. The molecule has 1 unspecified atom stereocenters. The Labute approximate surface area is 133 Å². The van der Waals surface area contributed by atoms with Crippen LogP contribution in [0.5, 0.6) is 0 Å². The lowest BCUT2D eigenvalue weighted by Crippen LogP contribution is -2.42. The summed E-state index contributed by atoms with van der Waals surface area (Å²) in [4.78, 5) is 30.9. The summed E-state index contributed by atoms with van der Waals surface area (Å²) in [5, 5.41) is 0. The van der Waals surface area contributed by atoms with Crippen molar-refractivity contribution in [1.82, 2.24) is 14.8 Å². The van der Waals surface area contributed by atoms with Crippen LogP contribution in [0, 0.1) is 5.82 Å². The molecular weight excluding hydrogens is 297 g/mol. The zero-order chi connectivity index (χ0) is 16.6. The molecule has 120 valence electrons. The quantitative estimate of drug-likeness (QED) is 0.943. The molecule has 2 heterocycles. The van der Waals surface area contributed by atoms with Crippen molar-refractivity contribution >= 4 is 11.8 Å². The predicted octanol–water partition coefficient (Wildman–Crippen LogP) is 2.12. The molecule has 2 aromatic rings. The molecule has 5 nitrogen and oxygen atoms in total. The first kappa shape index (κ1) is 15.3. The van der Waals surface area contributed by atoms with Gasteiger partial charge in [0.25, 0.3) is 5.91 Å². The van der Waals surface area contributed by atoms with Gasteiger partial charge in [0.05, 0.1) is 5.56 Å². The number of nitrogens with zero attached hydrogens (tertiary/aromatic N) is 2. The van der Waals surface area contributed by atoms with Gasteiger partial charge in [-0.2, -0.15) is 0 Å². The van der Waals surface area contributed by atoms with Crippen molar-refractivity contribution in [3.05, 3.63) is 48.0 Å². The number of aromatic nitrogens is 1. The van der Waals surface area contributed by atoms with Crippen LogP contribution >= 0.6 is 0 Å². The Hall–Kier alpha value is -2.63. The van der Waals surface area contributed by atoms with Crippen molar-refractivity contribution in [2.75, 3.05) is 20.6 Å². The van der Waals surface area contributed by atoms with Crippen LogP contribution in [0.15, 0.2) is 36.7 Å². The number of hydrogen-bond acceptors (Lipinski definition) is 2. The Bertz CT molecular complexity index is 739. The number of rotatable bonds is 3. The molecular formula is C17H18FN3O2. The molecule has 0 radical (unpaired) electrons. The Kier molecular flexibility index (Phi) is 3.90. The van der Waals surface area contributed by atoms with Crippen molar-refractivity contribution in [3.63, 3.8) is 0 Å². The molecule has 23 heavy (non-hydrogen) atoms. The number of carbonyl (C=O) groups is 2. The number of likely N-dealkylation sites (tertiary alicyclic amines) is 1. The fraction of sp³-hybridized carbons (Fsp3) is 0.294. The maximum atomic E-state index is 13.1. The van der Waals surface area contributed by atoms with Crippen molar-refractivity contribution in [2.45, 2.75) is 12.5 Å². The summed E-state index contributed by atoms with van der Waals surface area (Å²) in [6, 6.07) is 5.54. The third kappa shape index (κ3) is 2.72. The van der Waals surface area contributed by atoms with E-state index in [0.717, 1.165) is 5.56 Å². The summed E-state index contributed by atoms with van der Waals surface area (Å²) in [5.41, 5.74) is 1.92. The Morgan fingerprint density at radius 1 is 1.30 bits per heavy atom. The molecule has 1 saturated heterocycles. The van der Waals surface area contributed by atoms with E-state index in [-0.39, 0.29) is 17.6 Å². The van der Waals surface area contributed by atoms with Gasteiger partial charge in [0, 0.05) is 38.6 Å². The zero-order valence-electron chi connectivity index (χ0n) is 13.0. The number of H-pyrrole nitrogens is 1. The van der Waals surface area contributed by atoms with Crippen molar-refractivity contribution in [1.29, 1.82) is 0 Å². The van der Waals surface area contributed by atoms with E-state index in [1.807, 2.05) is 0 Å². The van der Waals surface area contributed by atoms with Gasteiger partial charge >= 0.3 is 0 Å². The predicted molar refractivity (Wildman–Crippen MR) is 84.3 cm³/mol. The molecule has 6 heteroatoms. The minimum atomic E-state index is -0.427. The normalized spacial score (nSPS) is 17.6. The highest BCUT2D eigenvalue weighted by Crippen LogP contribution is 2.26. The van der Waals surface area contributed by atoms with Crippen LogP contribution in [0.4, 0.5) is 4.39 Å². The molecule has 1 aliphatic rings.